The number of likely N-dealkylation sites (tertiary alicyclic amines) is 1. The van der Waals surface area contributed by atoms with Crippen molar-refractivity contribution in [1.29, 1.82) is 0 Å². The molecule has 1 fully saturated rings. The summed E-state index contributed by atoms with van der Waals surface area (Å²) in [5, 5.41) is 0. The van der Waals surface area contributed by atoms with Crippen LogP contribution in [0.2, 0.25) is 0 Å². The molecule has 4 nitrogen and oxygen atoms in total. The number of hydrogen-bond donors (Lipinski definition) is 1. The monoisotopic (exact) mass is 266 g/mol. The molecule has 1 aromatic carbocycles. The Morgan fingerprint density at radius 3 is 2.16 bits per heavy atom. The van der Waals surface area contributed by atoms with E-state index < -0.39 is 0 Å². The topological polar surface area (TPSA) is 32.1 Å². The van der Waals surface area contributed by atoms with Crippen LogP contribution in [0.4, 0.5) is 0 Å². The van der Waals surface area contributed by atoms with Gasteiger partial charge in [-0.15, -0.1) is 0 Å². The summed E-state index contributed by atoms with van der Waals surface area (Å²) in [4.78, 5) is 1.62. The van der Waals surface area contributed by atoms with Crippen molar-refractivity contribution in [3.63, 3.8) is 0 Å². The van der Waals surface area contributed by atoms with Gasteiger partial charge in [-0.05, 0) is 31.4 Å². The smallest absolute Gasteiger partial charge is 0.203 e. The van der Waals surface area contributed by atoms with Crippen molar-refractivity contribution in [3.8, 4) is 17.2 Å². The van der Waals surface area contributed by atoms with E-state index in [4.69, 9.17) is 14.2 Å². The maximum absolute atomic E-state index is 5.53. The lowest BCUT2D eigenvalue weighted by atomic mass is 10.1. The second-order valence-electron chi connectivity index (χ2n) is 4.98. The van der Waals surface area contributed by atoms with Gasteiger partial charge in [-0.1, -0.05) is 0 Å². The van der Waals surface area contributed by atoms with Crippen molar-refractivity contribution in [2.24, 2.45) is 0 Å². The van der Waals surface area contributed by atoms with E-state index in [0.29, 0.717) is 5.75 Å². The average molecular weight is 266 g/mol. The Morgan fingerprint density at radius 1 is 0.895 bits per heavy atom. The van der Waals surface area contributed by atoms with Crippen molar-refractivity contribution in [3.05, 3.63) is 17.7 Å². The quantitative estimate of drug-likeness (QED) is 0.871. The summed E-state index contributed by atoms with van der Waals surface area (Å²) < 4.78 is 16.3. The van der Waals surface area contributed by atoms with Gasteiger partial charge < -0.3 is 19.1 Å². The van der Waals surface area contributed by atoms with E-state index >= 15 is 0 Å². The fourth-order valence-corrected chi connectivity index (χ4v) is 2.80. The molecular formula is C15H24NO3+. The summed E-state index contributed by atoms with van der Waals surface area (Å²) in [5.41, 5.74) is 1.19. The summed E-state index contributed by atoms with van der Waals surface area (Å²) in [6.07, 6.45) is 4.02. The van der Waals surface area contributed by atoms with Gasteiger partial charge in [0, 0.05) is 0 Å². The van der Waals surface area contributed by atoms with Gasteiger partial charge in [0.1, 0.15) is 6.54 Å². The molecule has 1 aliphatic rings. The van der Waals surface area contributed by atoms with Crippen molar-refractivity contribution >= 4 is 0 Å². The fourth-order valence-electron chi connectivity index (χ4n) is 2.80. The number of methoxy groups -OCH3 is 3. The van der Waals surface area contributed by atoms with Gasteiger partial charge in [-0.2, -0.15) is 0 Å². The number of rotatable bonds is 5. The first-order chi connectivity index (χ1) is 9.30. The van der Waals surface area contributed by atoms with Crippen molar-refractivity contribution < 1.29 is 19.1 Å². The minimum Gasteiger partial charge on any atom is -0.493 e. The van der Waals surface area contributed by atoms with Crippen LogP contribution in [0.5, 0.6) is 17.2 Å². The van der Waals surface area contributed by atoms with Crippen LogP contribution in [0.25, 0.3) is 0 Å². The molecule has 2 rings (SSSR count). The molecule has 19 heavy (non-hydrogen) atoms. The Labute approximate surface area is 115 Å². The molecule has 1 aliphatic heterocycles. The highest BCUT2D eigenvalue weighted by Gasteiger charge is 2.20. The van der Waals surface area contributed by atoms with Crippen LogP contribution >= 0.6 is 0 Å². The molecular weight excluding hydrogens is 242 g/mol. The van der Waals surface area contributed by atoms with Gasteiger partial charge in [-0.3, -0.25) is 0 Å². The largest absolute Gasteiger partial charge is 0.493 e. The molecule has 0 atom stereocenters. The van der Waals surface area contributed by atoms with Gasteiger partial charge in [0.05, 0.1) is 40.0 Å². The standard InChI is InChI=1S/C15H23NO3/c1-17-13-8-7-12(14(18-2)15(13)19-3)11-16-9-5-4-6-10-16/h7-8H,4-6,9-11H2,1-3H3/p+1. The summed E-state index contributed by atoms with van der Waals surface area (Å²) in [6.45, 7) is 3.48. The molecule has 1 saturated heterocycles. The molecule has 0 saturated carbocycles. The van der Waals surface area contributed by atoms with E-state index in [-0.39, 0.29) is 0 Å². The first-order valence-corrected chi connectivity index (χ1v) is 6.91. The molecule has 4 heteroatoms. The van der Waals surface area contributed by atoms with Crippen molar-refractivity contribution in [2.75, 3.05) is 34.4 Å². The van der Waals surface area contributed by atoms with Crippen LogP contribution in [0.1, 0.15) is 24.8 Å². The molecule has 0 amide bonds. The molecule has 106 valence electrons. The van der Waals surface area contributed by atoms with Crippen LogP contribution in [0, 0.1) is 0 Å². The minimum atomic E-state index is 0.693. The summed E-state index contributed by atoms with van der Waals surface area (Å²) in [6, 6.07) is 4.04. The summed E-state index contributed by atoms with van der Waals surface area (Å²) in [7, 11) is 4.98. The number of benzene rings is 1. The molecule has 0 aromatic heterocycles. The second kappa shape index (κ2) is 6.66. The van der Waals surface area contributed by atoms with Crippen molar-refractivity contribution in [2.45, 2.75) is 25.8 Å². The molecule has 1 aromatic rings. The Balaban J connectivity index is 2.23. The Morgan fingerprint density at radius 2 is 1.58 bits per heavy atom. The summed E-state index contributed by atoms with van der Waals surface area (Å²) >= 11 is 0. The third-order valence-electron chi connectivity index (χ3n) is 3.79. The summed E-state index contributed by atoms with van der Waals surface area (Å²) in [5.74, 6) is 2.22. The molecule has 0 aliphatic carbocycles. The zero-order valence-corrected chi connectivity index (χ0v) is 12.1. The molecule has 1 heterocycles. The normalized spacial score (nSPS) is 16.2. The van der Waals surface area contributed by atoms with Crippen molar-refractivity contribution in [1.82, 2.24) is 0 Å². The van der Waals surface area contributed by atoms with Crippen LogP contribution in [-0.4, -0.2) is 34.4 Å². The first kappa shape index (κ1) is 14.0. The van der Waals surface area contributed by atoms with Crippen LogP contribution in [0.3, 0.4) is 0 Å². The molecule has 0 bridgehead atoms. The zero-order valence-electron chi connectivity index (χ0n) is 12.1. The zero-order chi connectivity index (χ0) is 13.7. The SMILES string of the molecule is COc1ccc(C[NH+]2CCCCC2)c(OC)c1OC. The Bertz CT molecular complexity index is 414. The van der Waals surface area contributed by atoms with E-state index in [9.17, 15) is 0 Å². The number of nitrogens with one attached hydrogen (secondary N) is 1. The predicted molar refractivity (Wildman–Crippen MR) is 74.3 cm³/mol. The van der Waals surface area contributed by atoms with Crippen LogP contribution in [-0.2, 0) is 6.54 Å². The fraction of sp³-hybridized carbons (Fsp3) is 0.600. The van der Waals surface area contributed by atoms with E-state index in [2.05, 4.69) is 6.07 Å². The van der Waals surface area contributed by atoms with E-state index in [1.807, 2.05) is 6.07 Å². The molecule has 0 radical (unpaired) electrons. The van der Waals surface area contributed by atoms with Gasteiger partial charge >= 0.3 is 0 Å². The highest BCUT2D eigenvalue weighted by atomic mass is 16.5. The lowest BCUT2D eigenvalue weighted by Gasteiger charge is -2.25. The number of ether oxygens (including phenoxy) is 3. The highest BCUT2D eigenvalue weighted by Crippen LogP contribution is 2.39. The Kier molecular flexibility index (Phi) is 4.91. The third kappa shape index (κ3) is 3.13. The van der Waals surface area contributed by atoms with Gasteiger partial charge in [0.15, 0.2) is 11.5 Å². The third-order valence-corrected chi connectivity index (χ3v) is 3.79. The lowest BCUT2D eigenvalue weighted by molar-refractivity contribution is -0.918. The lowest BCUT2D eigenvalue weighted by Crippen LogP contribution is -3.11. The molecule has 0 unspecified atom stereocenters. The molecule has 0 spiro atoms. The predicted octanol–water partition coefficient (Wildman–Crippen LogP) is 1.28. The van der Waals surface area contributed by atoms with E-state index in [1.54, 1.807) is 26.2 Å². The van der Waals surface area contributed by atoms with E-state index in [1.165, 1.54) is 37.9 Å². The number of hydrogen-bond acceptors (Lipinski definition) is 3. The minimum absolute atomic E-state index is 0.693. The Hall–Kier alpha value is -1.42. The number of piperidine rings is 1. The average Bonchev–Trinajstić information content (AvgIpc) is 2.47. The molecule has 1 N–H and O–H groups in total. The van der Waals surface area contributed by atoms with Gasteiger partial charge in [-0.25, -0.2) is 0 Å². The highest BCUT2D eigenvalue weighted by molar-refractivity contribution is 5.55. The maximum Gasteiger partial charge on any atom is 0.203 e. The van der Waals surface area contributed by atoms with Crippen LogP contribution < -0.4 is 19.1 Å². The van der Waals surface area contributed by atoms with E-state index in [0.717, 1.165) is 18.0 Å². The van der Waals surface area contributed by atoms with Gasteiger partial charge in [0.2, 0.25) is 5.75 Å². The maximum atomic E-state index is 5.53. The van der Waals surface area contributed by atoms with Crippen LogP contribution in [0.15, 0.2) is 12.1 Å². The first-order valence-electron chi connectivity index (χ1n) is 6.91. The second-order valence-corrected chi connectivity index (χ2v) is 4.98. The number of quaternary nitrogens is 1. The van der Waals surface area contributed by atoms with Gasteiger partial charge in [0.25, 0.3) is 0 Å².